The van der Waals surface area contributed by atoms with Crippen LogP contribution in [0.2, 0.25) is 0 Å². The van der Waals surface area contributed by atoms with Crippen LogP contribution in [0.5, 0.6) is 28.7 Å². The summed E-state index contributed by atoms with van der Waals surface area (Å²) in [5.74, 6) is 2.57. The third-order valence-corrected chi connectivity index (χ3v) is 8.24. The lowest BCUT2D eigenvalue weighted by Gasteiger charge is -2.27. The van der Waals surface area contributed by atoms with E-state index in [0.29, 0.717) is 66.1 Å². The van der Waals surface area contributed by atoms with Gasteiger partial charge in [0, 0.05) is 17.7 Å². The Bertz CT molecular complexity index is 1640. The molecule has 5 rings (SSSR count). The second-order valence-corrected chi connectivity index (χ2v) is 11.4. The monoisotopic (exact) mass is 613 g/mol. The van der Waals surface area contributed by atoms with E-state index in [1.807, 2.05) is 68.1 Å². The fraction of sp³-hybridized carbons (Fsp3) is 0.389. The van der Waals surface area contributed by atoms with Gasteiger partial charge < -0.3 is 29.0 Å². The largest absolute Gasteiger partial charge is 0.507 e. The molecule has 0 spiro atoms. The standard InChI is InChI=1S/C36H43N3O6/c1-7-9-10-17-45-28-14-12-25(21-30(28)44-8-2)35-32-33(31-23(4)18-22(3)19-26(31)40)37-38-34(32)36(41)39(35)16-15-24-11-13-27(42-5)29(20-24)43-6/h11-14,18-21,35,40H,7-10,15-17H2,1-6H3,(H,37,38). The van der Waals surface area contributed by atoms with Crippen LogP contribution in [-0.4, -0.2) is 60.1 Å². The van der Waals surface area contributed by atoms with Crippen molar-refractivity contribution in [2.24, 2.45) is 0 Å². The molecule has 3 aromatic carbocycles. The molecule has 0 saturated carbocycles. The van der Waals surface area contributed by atoms with Gasteiger partial charge in [-0.05, 0) is 86.2 Å². The highest BCUT2D eigenvalue weighted by molar-refractivity contribution is 6.00. The number of methoxy groups -OCH3 is 2. The molecule has 9 nitrogen and oxygen atoms in total. The minimum Gasteiger partial charge on any atom is -0.507 e. The highest BCUT2D eigenvalue weighted by atomic mass is 16.5. The van der Waals surface area contributed by atoms with Gasteiger partial charge in [-0.25, -0.2) is 0 Å². The summed E-state index contributed by atoms with van der Waals surface area (Å²) in [6.45, 7) is 9.50. The summed E-state index contributed by atoms with van der Waals surface area (Å²) >= 11 is 0. The zero-order valence-electron chi connectivity index (χ0n) is 27.0. The predicted octanol–water partition coefficient (Wildman–Crippen LogP) is 7.17. The van der Waals surface area contributed by atoms with Crippen LogP contribution in [0.1, 0.15) is 77.5 Å². The molecule has 1 amide bonds. The molecule has 4 aromatic rings. The van der Waals surface area contributed by atoms with Gasteiger partial charge in [0.2, 0.25) is 0 Å². The molecule has 1 aliphatic heterocycles. The maximum Gasteiger partial charge on any atom is 0.273 e. The second-order valence-electron chi connectivity index (χ2n) is 11.4. The topological polar surface area (TPSA) is 106 Å². The number of aromatic nitrogens is 2. The van der Waals surface area contributed by atoms with E-state index in [-0.39, 0.29) is 11.7 Å². The maximum absolute atomic E-state index is 14.1. The number of unbranched alkanes of at least 4 members (excludes halogenated alkanes) is 2. The number of amides is 1. The van der Waals surface area contributed by atoms with Crippen LogP contribution in [0, 0.1) is 13.8 Å². The lowest BCUT2D eigenvalue weighted by atomic mass is 9.93. The average Bonchev–Trinajstić information content (AvgIpc) is 3.56. The van der Waals surface area contributed by atoms with Gasteiger partial charge in [0.05, 0.1) is 33.5 Å². The number of aryl methyl sites for hydroxylation is 2. The number of phenols is 1. The first-order valence-corrected chi connectivity index (χ1v) is 15.6. The summed E-state index contributed by atoms with van der Waals surface area (Å²) in [5, 5.41) is 18.7. The first kappa shape index (κ1) is 31.8. The van der Waals surface area contributed by atoms with Crippen molar-refractivity contribution in [2.75, 3.05) is 34.0 Å². The molecule has 2 N–H and O–H groups in total. The number of hydrogen-bond acceptors (Lipinski definition) is 7. The number of rotatable bonds is 14. The summed E-state index contributed by atoms with van der Waals surface area (Å²) < 4.78 is 23.1. The zero-order chi connectivity index (χ0) is 32.1. The summed E-state index contributed by atoms with van der Waals surface area (Å²) in [7, 11) is 3.22. The van der Waals surface area contributed by atoms with Gasteiger partial charge in [-0.1, -0.05) is 38.0 Å². The van der Waals surface area contributed by atoms with E-state index in [0.717, 1.165) is 47.1 Å². The number of ether oxygens (including phenoxy) is 4. The quantitative estimate of drug-likeness (QED) is 0.145. The van der Waals surface area contributed by atoms with E-state index in [4.69, 9.17) is 18.9 Å². The Balaban J connectivity index is 1.57. The number of aromatic hydroxyl groups is 1. The predicted molar refractivity (Wildman–Crippen MR) is 174 cm³/mol. The maximum atomic E-state index is 14.1. The number of nitrogens with zero attached hydrogens (tertiary/aromatic N) is 2. The minimum absolute atomic E-state index is 0.127. The number of nitrogens with one attached hydrogen (secondary N) is 1. The molecule has 1 atom stereocenters. The third kappa shape index (κ3) is 6.43. The van der Waals surface area contributed by atoms with Crippen LogP contribution in [0.4, 0.5) is 0 Å². The van der Waals surface area contributed by atoms with Crippen molar-refractivity contribution < 1.29 is 28.8 Å². The molecule has 0 fully saturated rings. The summed E-state index contributed by atoms with van der Waals surface area (Å²) in [6, 6.07) is 14.9. The molecule has 2 heterocycles. The molecule has 0 radical (unpaired) electrons. The van der Waals surface area contributed by atoms with Gasteiger partial charge in [-0.3, -0.25) is 9.89 Å². The molecular formula is C36H43N3O6. The summed E-state index contributed by atoms with van der Waals surface area (Å²) in [4.78, 5) is 15.9. The van der Waals surface area contributed by atoms with Crippen LogP contribution in [0.3, 0.4) is 0 Å². The van der Waals surface area contributed by atoms with E-state index >= 15 is 0 Å². The summed E-state index contributed by atoms with van der Waals surface area (Å²) in [5.41, 5.74) is 6.01. The molecule has 45 heavy (non-hydrogen) atoms. The Hall–Kier alpha value is -4.66. The molecule has 0 aliphatic carbocycles. The highest BCUT2D eigenvalue weighted by Gasteiger charge is 2.43. The van der Waals surface area contributed by atoms with Gasteiger partial charge in [-0.15, -0.1) is 0 Å². The van der Waals surface area contributed by atoms with Gasteiger partial charge in [0.25, 0.3) is 5.91 Å². The van der Waals surface area contributed by atoms with Gasteiger partial charge in [0.15, 0.2) is 23.0 Å². The lowest BCUT2D eigenvalue weighted by molar-refractivity contribution is 0.0745. The minimum atomic E-state index is -0.477. The number of carbonyl (C=O) groups is 1. The van der Waals surface area contributed by atoms with Crippen molar-refractivity contribution in [3.05, 3.63) is 82.0 Å². The van der Waals surface area contributed by atoms with E-state index in [2.05, 4.69) is 17.1 Å². The van der Waals surface area contributed by atoms with E-state index in [1.54, 1.807) is 20.3 Å². The van der Waals surface area contributed by atoms with Crippen molar-refractivity contribution in [3.8, 4) is 40.0 Å². The molecule has 0 saturated heterocycles. The van der Waals surface area contributed by atoms with Crippen molar-refractivity contribution in [1.29, 1.82) is 0 Å². The Morgan fingerprint density at radius 1 is 0.911 bits per heavy atom. The van der Waals surface area contributed by atoms with E-state index < -0.39 is 6.04 Å². The Labute approximate surface area is 265 Å². The molecular weight excluding hydrogens is 570 g/mol. The fourth-order valence-electron chi connectivity index (χ4n) is 6.12. The fourth-order valence-corrected chi connectivity index (χ4v) is 6.12. The average molecular weight is 614 g/mol. The normalized spacial score (nSPS) is 14.0. The number of H-pyrrole nitrogens is 1. The van der Waals surface area contributed by atoms with Crippen molar-refractivity contribution in [2.45, 2.75) is 59.4 Å². The number of hydrogen-bond donors (Lipinski definition) is 2. The Morgan fingerprint density at radius 3 is 2.40 bits per heavy atom. The number of benzene rings is 3. The van der Waals surface area contributed by atoms with Crippen LogP contribution in [0.25, 0.3) is 11.3 Å². The van der Waals surface area contributed by atoms with Gasteiger partial charge in [0.1, 0.15) is 17.1 Å². The molecule has 1 aromatic heterocycles. The van der Waals surface area contributed by atoms with Crippen LogP contribution >= 0.6 is 0 Å². The van der Waals surface area contributed by atoms with Gasteiger partial charge >= 0.3 is 0 Å². The highest BCUT2D eigenvalue weighted by Crippen LogP contribution is 2.47. The second kappa shape index (κ2) is 14.0. The van der Waals surface area contributed by atoms with E-state index in [1.165, 1.54) is 0 Å². The zero-order valence-corrected chi connectivity index (χ0v) is 27.0. The summed E-state index contributed by atoms with van der Waals surface area (Å²) in [6.07, 6.45) is 3.76. The molecule has 1 aliphatic rings. The molecule has 9 heteroatoms. The van der Waals surface area contributed by atoms with Crippen molar-refractivity contribution in [1.82, 2.24) is 15.1 Å². The van der Waals surface area contributed by atoms with Crippen molar-refractivity contribution >= 4 is 5.91 Å². The first-order valence-electron chi connectivity index (χ1n) is 15.6. The lowest BCUT2D eigenvalue weighted by Crippen LogP contribution is -2.31. The molecule has 0 bridgehead atoms. The Morgan fingerprint density at radius 2 is 1.69 bits per heavy atom. The number of carbonyl (C=O) groups excluding carboxylic acids is 1. The van der Waals surface area contributed by atoms with Gasteiger partial charge in [-0.2, -0.15) is 5.10 Å². The van der Waals surface area contributed by atoms with Crippen molar-refractivity contribution in [3.63, 3.8) is 0 Å². The third-order valence-electron chi connectivity index (χ3n) is 8.24. The Kier molecular flexibility index (Phi) is 9.86. The van der Waals surface area contributed by atoms with Crippen LogP contribution < -0.4 is 18.9 Å². The SMILES string of the molecule is CCCCCOc1ccc(C2c3c(-c4c(C)cc(C)cc4O)n[nH]c3C(=O)N2CCc2ccc(OC)c(OC)c2)cc1OCC. The molecule has 238 valence electrons. The van der Waals surface area contributed by atoms with E-state index in [9.17, 15) is 9.90 Å². The molecule has 1 unspecified atom stereocenters. The smallest absolute Gasteiger partial charge is 0.273 e. The first-order chi connectivity index (χ1) is 21.8. The number of phenolic OH excluding ortho intramolecular Hbond substituents is 1. The van der Waals surface area contributed by atoms with Crippen LogP contribution in [-0.2, 0) is 6.42 Å². The number of fused-ring (bicyclic) bond motifs is 1. The number of aromatic amines is 1. The van der Waals surface area contributed by atoms with Crippen LogP contribution in [0.15, 0.2) is 48.5 Å².